The number of anilines is 1. The fraction of sp³-hybridized carbons (Fsp3) is 0.391. The zero-order valence-electron chi connectivity index (χ0n) is 18.4. The third-order valence-corrected chi connectivity index (χ3v) is 5.63. The summed E-state index contributed by atoms with van der Waals surface area (Å²) in [7, 11) is 2.97. The van der Waals surface area contributed by atoms with E-state index in [1.165, 1.54) is 26.3 Å². The molecule has 0 bridgehead atoms. The zero-order chi connectivity index (χ0) is 23.7. The maximum absolute atomic E-state index is 14.7. The Morgan fingerprint density at radius 2 is 1.94 bits per heavy atom. The highest BCUT2D eigenvalue weighted by Gasteiger charge is 2.23. The smallest absolute Gasteiger partial charge is 0.274 e. The average molecular weight is 463 g/mol. The molecule has 0 saturated carbocycles. The highest BCUT2D eigenvalue weighted by molar-refractivity contribution is 5.93. The van der Waals surface area contributed by atoms with E-state index in [1.54, 1.807) is 19.1 Å². The molecule has 0 radical (unpaired) electrons. The van der Waals surface area contributed by atoms with Gasteiger partial charge >= 0.3 is 0 Å². The largest absolute Gasteiger partial charge is 0.493 e. The summed E-state index contributed by atoms with van der Waals surface area (Å²) in [5.74, 6) is 0.0914. The molecule has 33 heavy (non-hydrogen) atoms. The first-order chi connectivity index (χ1) is 15.8. The monoisotopic (exact) mass is 463 g/mol. The number of aryl methyl sites for hydroxylation is 1. The summed E-state index contributed by atoms with van der Waals surface area (Å²) < 4.78 is 58.9. The van der Waals surface area contributed by atoms with E-state index in [0.717, 1.165) is 17.2 Å². The van der Waals surface area contributed by atoms with Crippen LogP contribution in [0.3, 0.4) is 0 Å². The number of aromatic nitrogens is 2. The number of nitrogens with one attached hydrogen (secondary N) is 1. The van der Waals surface area contributed by atoms with Crippen LogP contribution in [0.15, 0.2) is 35.1 Å². The molecule has 1 unspecified atom stereocenters. The normalized spacial score (nSPS) is 16.9. The maximum Gasteiger partial charge on any atom is 0.274 e. The lowest BCUT2D eigenvalue weighted by Gasteiger charge is -2.20. The highest BCUT2D eigenvalue weighted by atomic mass is 19.3. The van der Waals surface area contributed by atoms with Crippen LogP contribution in [0.4, 0.5) is 19.0 Å². The second-order valence-corrected chi connectivity index (χ2v) is 7.85. The summed E-state index contributed by atoms with van der Waals surface area (Å²) in [6.07, 6.45) is -2.35. The summed E-state index contributed by atoms with van der Waals surface area (Å²) in [5, 5.41) is 8.07. The summed E-state index contributed by atoms with van der Waals surface area (Å²) in [6.45, 7) is 2.67. The lowest BCUT2D eigenvalue weighted by molar-refractivity contribution is 0.139. The van der Waals surface area contributed by atoms with Crippen LogP contribution < -0.4 is 20.3 Å². The number of benzene rings is 2. The molecular weight excluding hydrogens is 439 g/mol. The zero-order valence-corrected chi connectivity index (χ0v) is 18.4. The van der Waals surface area contributed by atoms with Crippen molar-refractivity contribution >= 4 is 16.6 Å². The number of fused-ring (bicyclic) bond motifs is 1. The molecule has 0 aliphatic carbocycles. The standard InChI is InChI=1S/C23H24F3N3O4/c1-12(14-5-4-6-15(20(14)24)21(25)26)27-22-16-9-18(31-3)19(33-13-7-8-32-11-13)10-17(16)23(30)29(2)28-22/h4-6,9-10,12-13,21H,7-8,11H2,1-3H3,(H,27,28)/t12-,13?/m1/s1. The molecule has 1 saturated heterocycles. The summed E-state index contributed by atoms with van der Waals surface area (Å²) >= 11 is 0. The van der Waals surface area contributed by atoms with Crippen LogP contribution in [0.25, 0.3) is 10.8 Å². The average Bonchev–Trinajstić information content (AvgIpc) is 3.30. The van der Waals surface area contributed by atoms with Crippen molar-refractivity contribution in [3.05, 3.63) is 57.6 Å². The van der Waals surface area contributed by atoms with Gasteiger partial charge < -0.3 is 19.5 Å². The van der Waals surface area contributed by atoms with Crippen molar-refractivity contribution in [3.8, 4) is 11.5 Å². The number of alkyl halides is 2. The van der Waals surface area contributed by atoms with Crippen molar-refractivity contribution in [2.24, 2.45) is 7.05 Å². The van der Waals surface area contributed by atoms with Gasteiger partial charge in [-0.3, -0.25) is 4.79 Å². The Kier molecular flexibility index (Phi) is 6.46. The summed E-state index contributed by atoms with van der Waals surface area (Å²) in [6, 6.07) is 6.36. The fourth-order valence-corrected chi connectivity index (χ4v) is 3.85. The molecular formula is C23H24F3N3O4. The molecule has 1 aliphatic rings. The van der Waals surface area contributed by atoms with Crippen molar-refractivity contribution in [1.82, 2.24) is 9.78 Å². The first kappa shape index (κ1) is 22.9. The minimum atomic E-state index is -2.93. The Bertz CT molecular complexity index is 1230. The summed E-state index contributed by atoms with van der Waals surface area (Å²) in [5.41, 5.74) is -0.965. The number of hydrogen-bond acceptors (Lipinski definition) is 6. The number of rotatable bonds is 7. The number of nitrogens with zero attached hydrogens (tertiary/aromatic N) is 2. The first-order valence-electron chi connectivity index (χ1n) is 10.5. The Morgan fingerprint density at radius 1 is 1.21 bits per heavy atom. The fourth-order valence-electron chi connectivity index (χ4n) is 3.85. The van der Waals surface area contributed by atoms with Crippen LogP contribution >= 0.6 is 0 Å². The van der Waals surface area contributed by atoms with Crippen LogP contribution in [0.5, 0.6) is 11.5 Å². The molecule has 10 heteroatoms. The van der Waals surface area contributed by atoms with Gasteiger partial charge in [0.1, 0.15) is 11.9 Å². The van der Waals surface area contributed by atoms with E-state index in [9.17, 15) is 18.0 Å². The lowest BCUT2D eigenvalue weighted by Crippen LogP contribution is -2.23. The van der Waals surface area contributed by atoms with E-state index < -0.39 is 23.8 Å². The Hall–Kier alpha value is -3.27. The molecule has 1 aromatic heterocycles. The van der Waals surface area contributed by atoms with Crippen LogP contribution in [0.2, 0.25) is 0 Å². The van der Waals surface area contributed by atoms with Gasteiger partial charge in [0.05, 0.1) is 37.3 Å². The lowest BCUT2D eigenvalue weighted by atomic mass is 10.0. The van der Waals surface area contributed by atoms with Gasteiger partial charge in [-0.25, -0.2) is 17.9 Å². The van der Waals surface area contributed by atoms with Crippen molar-refractivity contribution in [2.75, 3.05) is 25.6 Å². The molecule has 176 valence electrons. The van der Waals surface area contributed by atoms with E-state index in [2.05, 4.69) is 10.4 Å². The predicted octanol–water partition coefficient (Wildman–Crippen LogP) is 4.36. The van der Waals surface area contributed by atoms with Crippen LogP contribution in [-0.2, 0) is 11.8 Å². The molecule has 0 spiro atoms. The highest BCUT2D eigenvalue weighted by Crippen LogP contribution is 2.36. The quantitative estimate of drug-likeness (QED) is 0.561. The minimum absolute atomic E-state index is 0.0600. The van der Waals surface area contributed by atoms with Gasteiger partial charge in [-0.2, -0.15) is 5.10 Å². The van der Waals surface area contributed by atoms with Gasteiger partial charge in [0.2, 0.25) is 0 Å². The van der Waals surface area contributed by atoms with Crippen molar-refractivity contribution in [2.45, 2.75) is 31.9 Å². The van der Waals surface area contributed by atoms with E-state index in [1.807, 2.05) is 0 Å². The topological polar surface area (TPSA) is 74.6 Å². The van der Waals surface area contributed by atoms with Crippen molar-refractivity contribution in [3.63, 3.8) is 0 Å². The first-order valence-corrected chi connectivity index (χ1v) is 10.5. The van der Waals surface area contributed by atoms with E-state index in [0.29, 0.717) is 35.5 Å². The Balaban J connectivity index is 1.76. The van der Waals surface area contributed by atoms with Gasteiger partial charge in [-0.1, -0.05) is 18.2 Å². The third kappa shape index (κ3) is 4.47. The van der Waals surface area contributed by atoms with Gasteiger partial charge in [0.25, 0.3) is 12.0 Å². The molecule has 7 nitrogen and oxygen atoms in total. The van der Waals surface area contributed by atoms with Gasteiger partial charge in [0.15, 0.2) is 17.3 Å². The van der Waals surface area contributed by atoms with Gasteiger partial charge in [0, 0.05) is 24.4 Å². The molecule has 4 rings (SSSR count). The predicted molar refractivity (Wildman–Crippen MR) is 117 cm³/mol. The second kappa shape index (κ2) is 9.30. The molecule has 1 N–H and O–H groups in total. The van der Waals surface area contributed by atoms with Crippen LogP contribution in [0.1, 0.15) is 36.9 Å². The molecule has 3 aromatic rings. The number of halogens is 3. The Labute approximate surface area is 188 Å². The number of hydrogen-bond donors (Lipinski definition) is 1. The molecule has 0 amide bonds. The Morgan fingerprint density at radius 3 is 2.61 bits per heavy atom. The molecule has 1 fully saturated rings. The number of ether oxygens (including phenoxy) is 3. The summed E-state index contributed by atoms with van der Waals surface area (Å²) in [4.78, 5) is 12.8. The number of methoxy groups -OCH3 is 1. The van der Waals surface area contributed by atoms with Crippen LogP contribution in [0, 0.1) is 5.82 Å². The van der Waals surface area contributed by atoms with Crippen LogP contribution in [-0.4, -0.2) is 36.2 Å². The van der Waals surface area contributed by atoms with E-state index in [-0.39, 0.29) is 23.0 Å². The SMILES string of the molecule is COc1cc2c(N[C@H](C)c3cccc(C(F)F)c3F)nn(C)c(=O)c2cc1OC1CCOC1. The second-order valence-electron chi connectivity index (χ2n) is 7.85. The van der Waals surface area contributed by atoms with E-state index in [4.69, 9.17) is 14.2 Å². The van der Waals surface area contributed by atoms with Crippen molar-refractivity contribution < 1.29 is 27.4 Å². The molecule has 2 atom stereocenters. The van der Waals surface area contributed by atoms with Crippen molar-refractivity contribution in [1.29, 1.82) is 0 Å². The molecule has 1 aliphatic heterocycles. The van der Waals surface area contributed by atoms with Gasteiger partial charge in [-0.15, -0.1) is 0 Å². The third-order valence-electron chi connectivity index (χ3n) is 5.63. The minimum Gasteiger partial charge on any atom is -0.493 e. The maximum atomic E-state index is 14.7. The van der Waals surface area contributed by atoms with Gasteiger partial charge in [-0.05, 0) is 19.1 Å². The van der Waals surface area contributed by atoms with E-state index >= 15 is 0 Å². The molecule has 2 aromatic carbocycles. The molecule has 2 heterocycles.